The number of carbonyl (C=O) groups is 1. The van der Waals surface area contributed by atoms with Gasteiger partial charge in [0, 0.05) is 6.54 Å². The van der Waals surface area contributed by atoms with Crippen LogP contribution in [0.3, 0.4) is 0 Å². The molecule has 0 saturated heterocycles. The van der Waals surface area contributed by atoms with E-state index in [0.717, 1.165) is 17.7 Å². The quantitative estimate of drug-likeness (QED) is 0.892. The van der Waals surface area contributed by atoms with Crippen molar-refractivity contribution in [2.75, 3.05) is 11.4 Å². The fourth-order valence-corrected chi connectivity index (χ4v) is 2.16. The topological polar surface area (TPSA) is 49.8 Å². The molecule has 4 nitrogen and oxygen atoms in total. The predicted octanol–water partition coefficient (Wildman–Crippen LogP) is 2.09. The Kier molecular flexibility index (Phi) is 3.30. The van der Waals surface area contributed by atoms with E-state index >= 15 is 0 Å². The maximum Gasteiger partial charge on any atom is 0.270 e. The van der Waals surface area contributed by atoms with Gasteiger partial charge in [0.25, 0.3) is 5.91 Å². The second-order valence-electron chi connectivity index (χ2n) is 5.03. The molecule has 0 aromatic heterocycles. The van der Waals surface area contributed by atoms with Crippen molar-refractivity contribution in [3.05, 3.63) is 23.8 Å². The molecule has 0 unspecified atom stereocenters. The summed E-state index contributed by atoms with van der Waals surface area (Å²) in [4.78, 5) is 14.1. The monoisotopic (exact) mass is 249 g/mol. The number of carbonyl (C=O) groups excluding carboxylic acids is 1. The fourth-order valence-electron chi connectivity index (χ4n) is 2.16. The van der Waals surface area contributed by atoms with E-state index in [1.54, 1.807) is 24.8 Å². The van der Waals surface area contributed by atoms with Crippen LogP contribution in [0.5, 0.6) is 5.75 Å². The molecule has 1 heterocycles. The summed E-state index contributed by atoms with van der Waals surface area (Å²) < 4.78 is 5.75. The molecule has 4 heteroatoms. The second-order valence-corrected chi connectivity index (χ2v) is 5.03. The average Bonchev–Trinajstić information content (AvgIpc) is 2.34. The molecule has 0 aliphatic carbocycles. The van der Waals surface area contributed by atoms with E-state index in [1.165, 1.54) is 0 Å². The first-order valence-electron chi connectivity index (χ1n) is 6.24. The Bertz CT molecular complexity index is 468. The number of fused-ring (bicyclic) bond motifs is 1. The van der Waals surface area contributed by atoms with Gasteiger partial charge in [0.05, 0.1) is 12.3 Å². The third-order valence-electron chi connectivity index (χ3n) is 3.07. The van der Waals surface area contributed by atoms with Crippen molar-refractivity contribution in [3.8, 4) is 5.75 Å². The summed E-state index contributed by atoms with van der Waals surface area (Å²) in [6.07, 6.45) is 0.892. The Morgan fingerprint density at radius 1 is 1.39 bits per heavy atom. The van der Waals surface area contributed by atoms with E-state index in [9.17, 15) is 4.79 Å². The fraction of sp³-hybridized carbons (Fsp3) is 0.500. The van der Waals surface area contributed by atoms with Gasteiger partial charge in [-0.05, 0) is 38.0 Å². The van der Waals surface area contributed by atoms with Gasteiger partial charge in [0.2, 0.25) is 0 Å². The van der Waals surface area contributed by atoms with Gasteiger partial charge < -0.3 is 14.7 Å². The van der Waals surface area contributed by atoms with Crippen LogP contribution >= 0.6 is 0 Å². The lowest BCUT2D eigenvalue weighted by Crippen LogP contribution is -2.52. The predicted molar refractivity (Wildman–Crippen MR) is 69.7 cm³/mol. The summed E-state index contributed by atoms with van der Waals surface area (Å²) in [5.41, 5.74) is 0.727. The van der Waals surface area contributed by atoms with Gasteiger partial charge in [-0.2, -0.15) is 0 Å². The van der Waals surface area contributed by atoms with Crippen molar-refractivity contribution < 1.29 is 14.6 Å². The highest BCUT2D eigenvalue weighted by Crippen LogP contribution is 2.38. The number of aliphatic hydroxyl groups is 1. The van der Waals surface area contributed by atoms with Gasteiger partial charge in [-0.15, -0.1) is 0 Å². The Morgan fingerprint density at radius 3 is 2.72 bits per heavy atom. The number of benzene rings is 1. The van der Waals surface area contributed by atoms with Crippen LogP contribution in [0.4, 0.5) is 5.69 Å². The third-order valence-corrected chi connectivity index (χ3v) is 3.07. The second kappa shape index (κ2) is 4.61. The summed E-state index contributed by atoms with van der Waals surface area (Å²) in [7, 11) is 0. The van der Waals surface area contributed by atoms with Crippen molar-refractivity contribution in [3.63, 3.8) is 0 Å². The Morgan fingerprint density at radius 2 is 2.11 bits per heavy atom. The van der Waals surface area contributed by atoms with Crippen molar-refractivity contribution in [2.24, 2.45) is 0 Å². The van der Waals surface area contributed by atoms with Gasteiger partial charge in [-0.25, -0.2) is 0 Å². The van der Waals surface area contributed by atoms with E-state index < -0.39 is 5.60 Å². The third kappa shape index (κ3) is 2.08. The first-order valence-corrected chi connectivity index (χ1v) is 6.24. The lowest BCUT2D eigenvalue weighted by Gasteiger charge is -2.38. The zero-order chi connectivity index (χ0) is 13.3. The van der Waals surface area contributed by atoms with E-state index in [1.807, 2.05) is 19.1 Å². The molecule has 1 N–H and O–H groups in total. The van der Waals surface area contributed by atoms with Crippen LogP contribution in [0.1, 0.15) is 32.8 Å². The number of nitrogens with zero attached hydrogens (tertiary/aromatic N) is 1. The van der Waals surface area contributed by atoms with E-state index in [4.69, 9.17) is 9.84 Å². The average molecular weight is 249 g/mol. The van der Waals surface area contributed by atoms with Crippen LogP contribution in [-0.2, 0) is 11.4 Å². The molecular formula is C14H19NO3. The zero-order valence-electron chi connectivity index (χ0n) is 11.1. The molecule has 1 aromatic carbocycles. The smallest absolute Gasteiger partial charge is 0.270 e. The number of anilines is 1. The summed E-state index contributed by atoms with van der Waals surface area (Å²) in [5.74, 6) is 0.646. The lowest BCUT2D eigenvalue weighted by molar-refractivity contribution is -0.132. The highest BCUT2D eigenvalue weighted by atomic mass is 16.5. The van der Waals surface area contributed by atoms with Crippen LogP contribution in [0, 0.1) is 0 Å². The molecule has 0 atom stereocenters. The van der Waals surface area contributed by atoms with Crippen LogP contribution in [-0.4, -0.2) is 23.2 Å². The molecular weight excluding hydrogens is 230 g/mol. The molecule has 0 fully saturated rings. The number of ether oxygens (including phenoxy) is 1. The standard InChI is InChI=1S/C14H19NO3/c1-4-7-15-11-6-5-10(9-16)8-12(11)18-14(2,3)13(15)17/h5-6,8,16H,4,7,9H2,1-3H3. The molecule has 1 aliphatic heterocycles. The minimum Gasteiger partial charge on any atom is -0.476 e. The summed E-state index contributed by atoms with van der Waals surface area (Å²) in [6, 6.07) is 5.45. The summed E-state index contributed by atoms with van der Waals surface area (Å²) in [6.45, 7) is 6.23. The Hall–Kier alpha value is -1.55. The molecule has 2 rings (SSSR count). The summed E-state index contributed by atoms with van der Waals surface area (Å²) >= 11 is 0. The largest absolute Gasteiger partial charge is 0.476 e. The van der Waals surface area contributed by atoms with E-state index in [2.05, 4.69) is 0 Å². The van der Waals surface area contributed by atoms with Gasteiger partial charge in [-0.1, -0.05) is 13.0 Å². The van der Waals surface area contributed by atoms with Crippen molar-refractivity contribution in [1.29, 1.82) is 0 Å². The lowest BCUT2D eigenvalue weighted by atomic mass is 10.0. The molecule has 0 saturated carbocycles. The molecule has 0 bridgehead atoms. The highest BCUT2D eigenvalue weighted by Gasteiger charge is 2.40. The molecule has 0 radical (unpaired) electrons. The van der Waals surface area contributed by atoms with Crippen LogP contribution in [0.15, 0.2) is 18.2 Å². The minimum atomic E-state index is -0.851. The van der Waals surface area contributed by atoms with Gasteiger partial charge in [0.1, 0.15) is 5.75 Å². The van der Waals surface area contributed by atoms with E-state index in [-0.39, 0.29) is 12.5 Å². The molecule has 18 heavy (non-hydrogen) atoms. The van der Waals surface area contributed by atoms with Crippen molar-refractivity contribution in [2.45, 2.75) is 39.4 Å². The maximum absolute atomic E-state index is 12.3. The summed E-state index contributed by atoms with van der Waals surface area (Å²) in [5, 5.41) is 9.15. The SMILES string of the molecule is CCCN1C(=O)C(C)(C)Oc2cc(CO)ccc21. The Balaban J connectivity index is 2.48. The number of rotatable bonds is 3. The van der Waals surface area contributed by atoms with Crippen LogP contribution < -0.4 is 9.64 Å². The van der Waals surface area contributed by atoms with Crippen molar-refractivity contribution in [1.82, 2.24) is 0 Å². The molecule has 98 valence electrons. The number of hydrogen-bond donors (Lipinski definition) is 1. The van der Waals surface area contributed by atoms with Crippen molar-refractivity contribution >= 4 is 11.6 Å². The number of hydrogen-bond acceptors (Lipinski definition) is 3. The highest BCUT2D eigenvalue weighted by molar-refractivity contribution is 6.02. The van der Waals surface area contributed by atoms with Crippen LogP contribution in [0.25, 0.3) is 0 Å². The normalized spacial score (nSPS) is 17.3. The van der Waals surface area contributed by atoms with Gasteiger partial charge >= 0.3 is 0 Å². The maximum atomic E-state index is 12.3. The first-order chi connectivity index (χ1) is 8.49. The minimum absolute atomic E-state index is 0.0198. The van der Waals surface area contributed by atoms with E-state index in [0.29, 0.717) is 12.3 Å². The molecule has 1 aliphatic rings. The van der Waals surface area contributed by atoms with Gasteiger partial charge in [0.15, 0.2) is 5.60 Å². The first kappa shape index (κ1) is 12.9. The van der Waals surface area contributed by atoms with Crippen LogP contribution in [0.2, 0.25) is 0 Å². The van der Waals surface area contributed by atoms with Gasteiger partial charge in [-0.3, -0.25) is 4.79 Å². The number of amides is 1. The molecule has 0 spiro atoms. The Labute approximate surface area is 107 Å². The molecule has 1 aromatic rings. The zero-order valence-corrected chi connectivity index (χ0v) is 11.1. The number of aliphatic hydroxyl groups excluding tert-OH is 1. The molecule has 1 amide bonds.